The molecule has 0 N–H and O–H groups in total. The van der Waals surface area contributed by atoms with Crippen molar-refractivity contribution in [2.75, 3.05) is 6.61 Å². The van der Waals surface area contributed by atoms with Crippen molar-refractivity contribution < 1.29 is 20.8 Å². The summed E-state index contributed by atoms with van der Waals surface area (Å²) in [4.78, 5) is 33.3. The van der Waals surface area contributed by atoms with E-state index in [1.807, 2.05) is 32.1 Å². The van der Waals surface area contributed by atoms with Gasteiger partial charge >= 0.3 is 131 Å². The number of hydrogen-bond donors (Lipinski definition) is 0. The normalized spacial score (nSPS) is 91.7. The van der Waals surface area contributed by atoms with E-state index in [1.165, 1.54) is 5.57 Å². The number of hydrogen-bond acceptors (Lipinski definition) is 3. The predicted octanol–water partition coefficient (Wildman–Crippen LogP) is 4.77. The second-order valence-electron chi connectivity index (χ2n) is 12.2. The van der Waals surface area contributed by atoms with Crippen molar-refractivity contribution in [1.82, 2.24) is 0 Å². The monoisotopic (exact) mass is 366 g/mol. The van der Waals surface area contributed by atoms with Crippen LogP contribution in [0.2, 0.25) is 47.2 Å². The number of carbonyl (C=O) groups excluding carboxylic acids is 2. The third-order valence-corrected chi connectivity index (χ3v) is 59.6. The van der Waals surface area contributed by atoms with Crippen LogP contribution in [0.25, 0.3) is 0 Å². The predicted molar refractivity (Wildman–Crippen MR) is 85.6 cm³/mol. The zero-order chi connectivity index (χ0) is 16.2. The number of allylic oxidation sites excluding steroid dienone is 3. The van der Waals surface area contributed by atoms with Gasteiger partial charge in [0.15, 0.2) is 0 Å². The van der Waals surface area contributed by atoms with E-state index in [1.54, 1.807) is 0 Å². The molecule has 1 spiro atoms. The van der Waals surface area contributed by atoms with E-state index in [2.05, 4.69) is 6.92 Å². The Morgan fingerprint density at radius 2 is 1.58 bits per heavy atom. The van der Waals surface area contributed by atoms with Gasteiger partial charge in [-0.3, -0.25) is 0 Å². The SMILES string of the molecule is CC=CC(=O)[C]12[CH]3[CH]4[CH]5[CH]1[Fe]45321678[CH]2[CH]1[CH]6[C]7(C(C)=CC(=O)OCC)[CH]28. The van der Waals surface area contributed by atoms with Crippen molar-refractivity contribution in [3.05, 3.63) is 23.8 Å². The number of ketones is 1. The van der Waals surface area contributed by atoms with Crippen LogP contribution in [0.3, 0.4) is 0 Å². The van der Waals surface area contributed by atoms with Gasteiger partial charge in [-0.15, -0.1) is 0 Å². The van der Waals surface area contributed by atoms with Gasteiger partial charge in [0, 0.05) is 0 Å². The quantitative estimate of drug-likeness (QED) is 0.400. The summed E-state index contributed by atoms with van der Waals surface area (Å²) >= 11 is 0. The van der Waals surface area contributed by atoms with Crippen molar-refractivity contribution in [1.29, 1.82) is 0 Å². The molecule has 10 aliphatic rings. The molecule has 24 heavy (non-hydrogen) atoms. The van der Waals surface area contributed by atoms with Gasteiger partial charge in [-0.25, -0.2) is 0 Å². The molecule has 8 atom stereocenters. The van der Waals surface area contributed by atoms with Crippen LogP contribution < -0.4 is 0 Å². The first kappa shape index (κ1) is 11.0. The van der Waals surface area contributed by atoms with Crippen molar-refractivity contribution in [3.8, 4) is 0 Å². The molecule has 128 valence electrons. The zero-order valence-corrected chi connectivity index (χ0v) is 15.2. The molecule has 10 rings (SSSR count). The van der Waals surface area contributed by atoms with E-state index in [0.29, 0.717) is 16.7 Å². The Morgan fingerprint density at radius 1 is 1.04 bits per heavy atom. The van der Waals surface area contributed by atoms with E-state index in [-0.39, 0.29) is 10.3 Å². The molecule has 0 aliphatic carbocycles. The first-order chi connectivity index (χ1) is 11.3. The van der Waals surface area contributed by atoms with Crippen molar-refractivity contribution in [2.45, 2.75) is 67.9 Å². The van der Waals surface area contributed by atoms with Gasteiger partial charge in [-0.05, 0) is 0 Å². The summed E-state index contributed by atoms with van der Waals surface area (Å²) in [6.45, 7) is 2.76. The van der Waals surface area contributed by atoms with Crippen LogP contribution in [0.15, 0.2) is 23.8 Å². The van der Waals surface area contributed by atoms with Crippen LogP contribution >= 0.6 is 0 Å². The molecule has 0 radical (unpaired) electrons. The molecule has 10 fully saturated rings. The zero-order valence-electron chi connectivity index (χ0n) is 14.1. The fourth-order valence-electron chi connectivity index (χ4n) is 19.1. The van der Waals surface area contributed by atoms with Crippen LogP contribution in [0, 0.1) is 0 Å². The van der Waals surface area contributed by atoms with Crippen LogP contribution in [-0.4, -0.2) is 18.4 Å². The fraction of sp³-hybridized carbons (Fsp3) is 0.700. The minimum atomic E-state index is -3.78. The molecule has 0 amide bonds. The summed E-state index contributed by atoms with van der Waals surface area (Å²) in [5.41, 5.74) is 1.36. The molecule has 0 saturated carbocycles. The molecule has 10 aliphatic heterocycles. The van der Waals surface area contributed by atoms with Crippen LogP contribution in [0.4, 0.5) is 0 Å². The summed E-state index contributed by atoms with van der Waals surface area (Å²) in [6, 6.07) is 0. The van der Waals surface area contributed by atoms with Crippen molar-refractivity contribution >= 4 is 11.8 Å². The van der Waals surface area contributed by atoms with E-state index < -0.39 is 6.51 Å². The van der Waals surface area contributed by atoms with Crippen molar-refractivity contribution in [2.24, 2.45) is 0 Å². The van der Waals surface area contributed by atoms with Crippen LogP contribution in [-0.2, 0) is 20.8 Å². The third kappa shape index (κ3) is 0.140. The van der Waals surface area contributed by atoms with Gasteiger partial charge in [0.25, 0.3) is 0 Å². The second kappa shape index (κ2) is 1.12. The van der Waals surface area contributed by atoms with E-state index in [9.17, 15) is 9.59 Å². The number of ether oxygens (including phenoxy) is 1. The Bertz CT molecular complexity index is 1330. The Balaban J connectivity index is 1.33. The van der Waals surface area contributed by atoms with E-state index >= 15 is 0 Å². The topological polar surface area (TPSA) is 43.4 Å². The summed E-state index contributed by atoms with van der Waals surface area (Å²) in [5, 5.41) is 0. The molecule has 4 heteroatoms. The minimum absolute atomic E-state index is 0.153. The molecule has 0 aromatic heterocycles. The first-order valence-electron chi connectivity index (χ1n) is 9.53. The molecule has 10 saturated heterocycles. The summed E-state index contributed by atoms with van der Waals surface area (Å²) in [6.07, 6.45) is 5.75. The standard InChI is InChI=1S/C11H13O2.C9H9O.Fe/c1-3-13-11(12)8-9(2)10-6-4-5-7-10;1-2-5-9(10)8-6-3-4-7-8;/h4-8H,3H2,1-2H3;2-7H,1H3;. The molecule has 0 bridgehead atoms. The van der Waals surface area contributed by atoms with Gasteiger partial charge < -0.3 is 0 Å². The summed E-state index contributed by atoms with van der Waals surface area (Å²) in [7, 11) is 0. The molecule has 0 aromatic carbocycles. The fourth-order valence-corrected chi connectivity index (χ4v) is 95.6. The number of carbonyl (C=O) groups is 2. The first-order valence-corrected chi connectivity index (χ1v) is 15.7. The van der Waals surface area contributed by atoms with Gasteiger partial charge in [-0.2, -0.15) is 0 Å². The van der Waals surface area contributed by atoms with Crippen LogP contribution in [0.5, 0.6) is 0 Å². The maximum atomic E-state index is 13.3. The average molecular weight is 366 g/mol. The molecule has 10 heterocycles. The third-order valence-electron chi connectivity index (χ3n) is 16.7. The second-order valence-corrected chi connectivity index (χ2v) is 35.4. The number of fused-ring (bicyclic) bond motifs is 10. The Labute approximate surface area is 131 Å². The van der Waals surface area contributed by atoms with Gasteiger partial charge in [0.05, 0.1) is 0 Å². The Hall–Kier alpha value is -0.861. The Morgan fingerprint density at radius 3 is 2.04 bits per heavy atom. The summed E-state index contributed by atoms with van der Waals surface area (Å²) < 4.78 is 5.86. The van der Waals surface area contributed by atoms with Crippen LogP contribution in [0.1, 0.15) is 20.8 Å². The maximum absolute atomic E-state index is 13.3. The molecule has 3 nitrogen and oxygen atoms in total. The van der Waals surface area contributed by atoms with Crippen molar-refractivity contribution in [3.63, 3.8) is 0 Å². The number of rotatable bonds is 5. The molecular weight excluding hydrogens is 344 g/mol. The van der Waals surface area contributed by atoms with Gasteiger partial charge in [-0.1, -0.05) is 0 Å². The van der Waals surface area contributed by atoms with E-state index in [4.69, 9.17) is 4.74 Å². The average Bonchev–Trinajstić information content (AvgIpc) is 3.47. The van der Waals surface area contributed by atoms with Gasteiger partial charge in [0.1, 0.15) is 0 Å². The molecule has 0 aromatic rings. The molecule has 8 unspecified atom stereocenters. The Kier molecular flexibility index (Phi) is 0.511. The number of esters is 1. The van der Waals surface area contributed by atoms with E-state index in [0.717, 1.165) is 38.5 Å². The summed E-state index contributed by atoms with van der Waals surface area (Å²) in [5.74, 6) is 0.389. The van der Waals surface area contributed by atoms with Gasteiger partial charge in [0.2, 0.25) is 0 Å². The molecular formula is C20H22FeO3.